The van der Waals surface area contributed by atoms with E-state index in [-0.39, 0.29) is 11.9 Å². The summed E-state index contributed by atoms with van der Waals surface area (Å²) >= 11 is 0. The molecule has 1 amide bonds. The first-order chi connectivity index (χ1) is 10.1. The van der Waals surface area contributed by atoms with Crippen LogP contribution in [0.5, 0.6) is 0 Å². The molecule has 1 aliphatic rings. The van der Waals surface area contributed by atoms with Gasteiger partial charge in [0.15, 0.2) is 0 Å². The smallest absolute Gasteiger partial charge is 0.245 e. The van der Waals surface area contributed by atoms with Crippen molar-refractivity contribution in [3.8, 4) is 0 Å². The number of carbonyl (C=O) groups is 1. The van der Waals surface area contributed by atoms with Gasteiger partial charge in [-0.05, 0) is 63.3 Å². The first kappa shape index (κ1) is 14.1. The van der Waals surface area contributed by atoms with E-state index in [0.29, 0.717) is 0 Å². The highest BCUT2D eigenvalue weighted by Crippen LogP contribution is 2.23. The van der Waals surface area contributed by atoms with Crippen molar-refractivity contribution in [1.82, 2.24) is 14.5 Å². The lowest BCUT2D eigenvalue weighted by atomic mass is 10.1. The zero-order valence-corrected chi connectivity index (χ0v) is 13.1. The van der Waals surface area contributed by atoms with Gasteiger partial charge in [0.1, 0.15) is 6.04 Å². The monoisotopic (exact) mass is 285 g/mol. The summed E-state index contributed by atoms with van der Waals surface area (Å²) in [4.78, 5) is 19.1. The fourth-order valence-electron chi connectivity index (χ4n) is 3.09. The zero-order valence-electron chi connectivity index (χ0n) is 13.1. The molecule has 3 rings (SSSR count). The fourth-order valence-corrected chi connectivity index (χ4v) is 3.09. The summed E-state index contributed by atoms with van der Waals surface area (Å²) in [5, 5.41) is 0. The van der Waals surface area contributed by atoms with Crippen LogP contribution >= 0.6 is 0 Å². The maximum absolute atomic E-state index is 12.7. The predicted octanol–water partition coefficient (Wildman–Crippen LogP) is 3.23. The van der Waals surface area contributed by atoms with E-state index in [2.05, 4.69) is 31.0 Å². The predicted molar refractivity (Wildman–Crippen MR) is 84.3 cm³/mol. The molecule has 1 aromatic heterocycles. The van der Waals surface area contributed by atoms with Gasteiger partial charge in [0.25, 0.3) is 0 Å². The number of benzene rings is 1. The lowest BCUT2D eigenvalue weighted by molar-refractivity contribution is -0.135. The van der Waals surface area contributed by atoms with Crippen LogP contribution in [0.15, 0.2) is 18.5 Å². The summed E-state index contributed by atoms with van der Waals surface area (Å²) in [5.74, 6) is 0.215. The van der Waals surface area contributed by atoms with Crippen molar-refractivity contribution in [2.45, 2.75) is 46.1 Å². The van der Waals surface area contributed by atoms with E-state index in [1.807, 2.05) is 16.4 Å². The second-order valence-electron chi connectivity index (χ2n) is 6.14. The number of hydrogen-bond acceptors (Lipinski definition) is 2. The molecular weight excluding hydrogens is 262 g/mol. The van der Waals surface area contributed by atoms with Crippen molar-refractivity contribution in [1.29, 1.82) is 0 Å². The third-order valence-electron chi connectivity index (χ3n) is 4.63. The summed E-state index contributed by atoms with van der Waals surface area (Å²) in [6, 6.07) is 4.05. The van der Waals surface area contributed by atoms with E-state index in [0.717, 1.165) is 37.0 Å². The van der Waals surface area contributed by atoms with Crippen LogP contribution in [0.1, 0.15) is 43.4 Å². The molecule has 0 radical (unpaired) electrons. The molecule has 0 N–H and O–H groups in total. The van der Waals surface area contributed by atoms with Gasteiger partial charge >= 0.3 is 0 Å². The summed E-state index contributed by atoms with van der Waals surface area (Å²) in [7, 11) is 0. The Hall–Kier alpha value is -1.84. The molecule has 0 bridgehead atoms. The fraction of sp³-hybridized carbons (Fsp3) is 0.529. The van der Waals surface area contributed by atoms with Crippen LogP contribution in [0.4, 0.5) is 0 Å². The first-order valence-corrected chi connectivity index (χ1v) is 7.80. The Balaban J connectivity index is 1.92. The molecule has 1 unspecified atom stereocenters. The Kier molecular flexibility index (Phi) is 3.70. The van der Waals surface area contributed by atoms with Gasteiger partial charge in [-0.15, -0.1) is 0 Å². The highest BCUT2D eigenvalue weighted by molar-refractivity contribution is 5.84. The normalized spacial score (nSPS) is 17.2. The number of likely N-dealkylation sites (tertiary alicyclic amines) is 1. The summed E-state index contributed by atoms with van der Waals surface area (Å²) < 4.78 is 2.01. The van der Waals surface area contributed by atoms with Crippen LogP contribution in [0.3, 0.4) is 0 Å². The van der Waals surface area contributed by atoms with Crippen molar-refractivity contribution in [2.75, 3.05) is 13.1 Å². The lowest BCUT2D eigenvalue weighted by Gasteiger charge is -2.29. The number of nitrogens with zero attached hydrogens (tertiary/aromatic N) is 3. The van der Waals surface area contributed by atoms with E-state index in [1.165, 1.54) is 17.5 Å². The van der Waals surface area contributed by atoms with Crippen LogP contribution in [-0.4, -0.2) is 33.4 Å². The highest BCUT2D eigenvalue weighted by Gasteiger charge is 2.24. The Morgan fingerprint density at radius 1 is 1.14 bits per heavy atom. The number of piperidine rings is 1. The van der Waals surface area contributed by atoms with Gasteiger partial charge in [-0.1, -0.05) is 0 Å². The number of aryl methyl sites for hydroxylation is 2. The molecule has 1 aromatic carbocycles. The minimum absolute atomic E-state index is 0.185. The molecule has 0 aliphatic carbocycles. The lowest BCUT2D eigenvalue weighted by Crippen LogP contribution is -2.39. The van der Waals surface area contributed by atoms with Gasteiger partial charge in [-0.25, -0.2) is 4.98 Å². The van der Waals surface area contributed by atoms with Crippen molar-refractivity contribution in [3.63, 3.8) is 0 Å². The average molecular weight is 285 g/mol. The van der Waals surface area contributed by atoms with E-state index in [4.69, 9.17) is 0 Å². The van der Waals surface area contributed by atoms with Gasteiger partial charge in [0, 0.05) is 13.1 Å². The van der Waals surface area contributed by atoms with Gasteiger partial charge in [-0.3, -0.25) is 4.79 Å². The van der Waals surface area contributed by atoms with Crippen LogP contribution in [0.2, 0.25) is 0 Å². The van der Waals surface area contributed by atoms with Crippen molar-refractivity contribution < 1.29 is 4.79 Å². The quantitative estimate of drug-likeness (QED) is 0.849. The Labute approximate surface area is 125 Å². The number of hydrogen-bond donors (Lipinski definition) is 0. The molecule has 0 saturated carbocycles. The Bertz CT molecular complexity index is 668. The Morgan fingerprint density at radius 2 is 1.81 bits per heavy atom. The number of amides is 1. The molecule has 112 valence electrons. The number of imidazole rings is 1. The first-order valence-electron chi connectivity index (χ1n) is 7.80. The summed E-state index contributed by atoms with van der Waals surface area (Å²) in [5.41, 5.74) is 4.50. The number of rotatable bonds is 2. The molecular formula is C17H23N3O. The minimum Gasteiger partial charge on any atom is -0.341 e. The summed E-state index contributed by atoms with van der Waals surface area (Å²) in [6.45, 7) is 7.97. The zero-order chi connectivity index (χ0) is 15.0. The van der Waals surface area contributed by atoms with E-state index >= 15 is 0 Å². The van der Waals surface area contributed by atoms with Crippen molar-refractivity contribution >= 4 is 16.9 Å². The molecule has 2 heterocycles. The van der Waals surface area contributed by atoms with Crippen LogP contribution in [0, 0.1) is 13.8 Å². The van der Waals surface area contributed by atoms with Crippen LogP contribution in [0.25, 0.3) is 11.0 Å². The van der Waals surface area contributed by atoms with Crippen molar-refractivity contribution in [2.24, 2.45) is 0 Å². The van der Waals surface area contributed by atoms with Gasteiger partial charge in [0.2, 0.25) is 5.91 Å². The third kappa shape index (κ3) is 2.55. The number of carbonyl (C=O) groups excluding carboxylic acids is 1. The standard InChI is InChI=1S/C17H23N3O/c1-12-9-15-16(10-13(12)2)20(11-18-15)14(3)17(21)19-7-5-4-6-8-19/h9-11,14H,4-8H2,1-3H3. The van der Waals surface area contributed by atoms with Gasteiger partial charge in [-0.2, -0.15) is 0 Å². The minimum atomic E-state index is -0.185. The second kappa shape index (κ2) is 5.51. The largest absolute Gasteiger partial charge is 0.341 e. The maximum atomic E-state index is 12.7. The van der Waals surface area contributed by atoms with Gasteiger partial charge < -0.3 is 9.47 Å². The Morgan fingerprint density at radius 3 is 2.52 bits per heavy atom. The molecule has 1 aliphatic heterocycles. The highest BCUT2D eigenvalue weighted by atomic mass is 16.2. The molecule has 0 spiro atoms. The third-order valence-corrected chi connectivity index (χ3v) is 4.63. The number of aromatic nitrogens is 2. The number of fused-ring (bicyclic) bond motifs is 1. The molecule has 21 heavy (non-hydrogen) atoms. The average Bonchev–Trinajstić information content (AvgIpc) is 2.90. The SMILES string of the molecule is Cc1cc2ncn(C(C)C(=O)N3CCCCC3)c2cc1C. The summed E-state index contributed by atoms with van der Waals surface area (Å²) in [6.07, 6.45) is 5.30. The van der Waals surface area contributed by atoms with E-state index < -0.39 is 0 Å². The van der Waals surface area contributed by atoms with Crippen LogP contribution < -0.4 is 0 Å². The van der Waals surface area contributed by atoms with E-state index in [1.54, 1.807) is 6.33 Å². The van der Waals surface area contributed by atoms with Crippen molar-refractivity contribution in [3.05, 3.63) is 29.6 Å². The van der Waals surface area contributed by atoms with Crippen LogP contribution in [-0.2, 0) is 4.79 Å². The molecule has 1 atom stereocenters. The van der Waals surface area contributed by atoms with Gasteiger partial charge in [0.05, 0.1) is 17.4 Å². The molecule has 1 fully saturated rings. The molecule has 2 aromatic rings. The topological polar surface area (TPSA) is 38.1 Å². The maximum Gasteiger partial charge on any atom is 0.245 e. The second-order valence-corrected chi connectivity index (χ2v) is 6.14. The van der Waals surface area contributed by atoms with E-state index in [9.17, 15) is 4.79 Å². The molecule has 1 saturated heterocycles. The molecule has 4 heteroatoms. The molecule has 4 nitrogen and oxygen atoms in total.